The Balaban J connectivity index is 1.71. The summed E-state index contributed by atoms with van der Waals surface area (Å²) >= 11 is 2.68. The number of pyridine rings is 1. The van der Waals surface area contributed by atoms with Crippen molar-refractivity contribution in [3.05, 3.63) is 65.1 Å². The Kier molecular flexibility index (Phi) is 5.36. The fourth-order valence-corrected chi connectivity index (χ4v) is 3.75. The van der Waals surface area contributed by atoms with Gasteiger partial charge in [0, 0.05) is 17.1 Å². The number of benzene rings is 1. The van der Waals surface area contributed by atoms with Gasteiger partial charge in [-0.2, -0.15) is 5.26 Å². The molecule has 3 rings (SSSR count). The van der Waals surface area contributed by atoms with Gasteiger partial charge < -0.3 is 0 Å². The number of carbonyl (C=O) groups is 1. The molecule has 0 amide bonds. The first-order chi connectivity index (χ1) is 11.8. The summed E-state index contributed by atoms with van der Waals surface area (Å²) in [4.78, 5) is 21.0. The predicted molar refractivity (Wildman–Crippen MR) is 95.9 cm³/mol. The first kappa shape index (κ1) is 16.4. The van der Waals surface area contributed by atoms with Gasteiger partial charge in [0.2, 0.25) is 0 Å². The van der Waals surface area contributed by atoms with Crippen LogP contribution in [0, 0.1) is 11.3 Å². The average Bonchev–Trinajstić information content (AvgIpc) is 3.12. The van der Waals surface area contributed by atoms with E-state index in [1.165, 1.54) is 23.1 Å². The van der Waals surface area contributed by atoms with Crippen LogP contribution >= 0.6 is 23.1 Å². The molecule has 0 bridgehead atoms. The first-order valence-electron chi connectivity index (χ1n) is 7.25. The van der Waals surface area contributed by atoms with Crippen LogP contribution in [-0.4, -0.2) is 21.5 Å². The quantitative estimate of drug-likeness (QED) is 0.623. The summed E-state index contributed by atoms with van der Waals surface area (Å²) in [5.74, 6) is -0.777. The highest BCUT2D eigenvalue weighted by molar-refractivity contribution is 7.99. The maximum absolute atomic E-state index is 12.4. The van der Waals surface area contributed by atoms with Crippen LogP contribution in [0.4, 0.5) is 0 Å². The van der Waals surface area contributed by atoms with Crippen molar-refractivity contribution in [2.75, 3.05) is 5.75 Å². The number of carbonyl (C=O) groups excluding carboxylic acids is 1. The lowest BCUT2D eigenvalue weighted by molar-refractivity contribution is -0.116. The molecular weight excluding hydrogens is 338 g/mol. The molecule has 0 saturated carbocycles. The van der Waals surface area contributed by atoms with E-state index in [2.05, 4.69) is 16.0 Å². The molecule has 2 heterocycles. The minimum Gasteiger partial charge on any atom is -0.297 e. The van der Waals surface area contributed by atoms with E-state index in [4.69, 9.17) is 0 Å². The van der Waals surface area contributed by atoms with Crippen molar-refractivity contribution in [2.24, 2.45) is 0 Å². The van der Waals surface area contributed by atoms with E-state index in [0.717, 1.165) is 16.3 Å². The largest absolute Gasteiger partial charge is 0.297 e. The Hall–Kier alpha value is -2.49. The van der Waals surface area contributed by atoms with Crippen LogP contribution in [0.3, 0.4) is 0 Å². The minimum atomic E-state index is -0.830. The Labute approximate surface area is 148 Å². The molecule has 1 atom stereocenters. The normalized spacial score (nSPS) is 11.6. The zero-order chi connectivity index (χ0) is 16.8. The molecule has 0 fully saturated rings. The molecule has 0 saturated heterocycles. The smallest absolute Gasteiger partial charge is 0.167 e. The van der Waals surface area contributed by atoms with E-state index < -0.39 is 5.92 Å². The number of thioether (sulfide) groups is 1. The highest BCUT2D eigenvalue weighted by Crippen LogP contribution is 2.28. The third-order valence-electron chi connectivity index (χ3n) is 3.29. The Morgan fingerprint density at radius 2 is 2.00 bits per heavy atom. The van der Waals surface area contributed by atoms with Gasteiger partial charge in [-0.05, 0) is 12.1 Å². The van der Waals surface area contributed by atoms with Crippen molar-refractivity contribution in [3.63, 3.8) is 0 Å². The summed E-state index contributed by atoms with van der Waals surface area (Å²) in [6.45, 7) is 0. The Morgan fingerprint density at radius 3 is 2.71 bits per heavy atom. The fraction of sp³-hybridized carbons (Fsp3) is 0.111. The van der Waals surface area contributed by atoms with E-state index in [9.17, 15) is 10.1 Å². The summed E-state index contributed by atoms with van der Waals surface area (Å²) in [6.07, 6.45) is 1.68. The summed E-state index contributed by atoms with van der Waals surface area (Å²) in [5.41, 5.74) is 1.77. The number of ketones is 1. The van der Waals surface area contributed by atoms with Gasteiger partial charge in [0.15, 0.2) is 11.7 Å². The summed E-state index contributed by atoms with van der Waals surface area (Å²) in [6, 6.07) is 17.3. The first-order valence-corrected chi connectivity index (χ1v) is 9.11. The molecule has 4 nitrogen and oxygen atoms in total. The molecule has 0 spiro atoms. The van der Waals surface area contributed by atoms with Gasteiger partial charge in [-0.15, -0.1) is 11.3 Å². The van der Waals surface area contributed by atoms with Crippen LogP contribution in [0.5, 0.6) is 0 Å². The zero-order valence-corrected chi connectivity index (χ0v) is 14.3. The molecule has 0 N–H and O–H groups in total. The number of nitriles is 1. The molecule has 2 aromatic heterocycles. The lowest BCUT2D eigenvalue weighted by Gasteiger charge is -2.04. The Bertz CT molecular complexity index is 857. The number of hydrogen-bond donors (Lipinski definition) is 0. The average molecular weight is 351 g/mol. The van der Waals surface area contributed by atoms with Gasteiger partial charge in [0.05, 0.1) is 22.5 Å². The van der Waals surface area contributed by atoms with E-state index in [0.29, 0.717) is 5.01 Å². The summed E-state index contributed by atoms with van der Waals surface area (Å²) in [5, 5.41) is 12.6. The maximum Gasteiger partial charge on any atom is 0.167 e. The monoisotopic (exact) mass is 351 g/mol. The second-order valence-electron chi connectivity index (χ2n) is 4.92. The second-order valence-corrected chi connectivity index (χ2v) is 6.81. The van der Waals surface area contributed by atoms with Crippen LogP contribution < -0.4 is 0 Å². The van der Waals surface area contributed by atoms with Crippen molar-refractivity contribution in [1.82, 2.24) is 9.97 Å². The fourth-order valence-electron chi connectivity index (χ4n) is 2.09. The van der Waals surface area contributed by atoms with E-state index in [1.807, 2.05) is 53.9 Å². The van der Waals surface area contributed by atoms with Crippen LogP contribution in [0.15, 0.2) is 65.1 Å². The number of hydrogen-bond acceptors (Lipinski definition) is 6. The molecule has 0 radical (unpaired) electrons. The van der Waals surface area contributed by atoms with Crippen molar-refractivity contribution < 1.29 is 4.79 Å². The van der Waals surface area contributed by atoms with Crippen molar-refractivity contribution >= 4 is 28.9 Å². The molecule has 3 aromatic rings. The van der Waals surface area contributed by atoms with Crippen molar-refractivity contribution in [1.29, 1.82) is 5.26 Å². The lowest BCUT2D eigenvalue weighted by Crippen LogP contribution is -2.13. The number of rotatable bonds is 6. The second kappa shape index (κ2) is 7.86. The maximum atomic E-state index is 12.4. The highest BCUT2D eigenvalue weighted by Gasteiger charge is 2.24. The third kappa shape index (κ3) is 3.88. The van der Waals surface area contributed by atoms with Crippen LogP contribution in [0.2, 0.25) is 0 Å². The van der Waals surface area contributed by atoms with Gasteiger partial charge in [-0.1, -0.05) is 48.2 Å². The molecule has 0 aliphatic carbocycles. The SMILES string of the molecule is N#CC(C(=O)CSc1ccccn1)c1nc(-c2ccccc2)cs1. The molecule has 1 unspecified atom stereocenters. The van der Waals surface area contributed by atoms with Gasteiger partial charge in [-0.3, -0.25) is 4.79 Å². The van der Waals surface area contributed by atoms with Crippen LogP contribution in [-0.2, 0) is 4.79 Å². The minimum absolute atomic E-state index is 0.151. The van der Waals surface area contributed by atoms with Crippen LogP contribution in [0.1, 0.15) is 10.9 Å². The lowest BCUT2D eigenvalue weighted by atomic mass is 10.1. The number of thiazole rings is 1. The molecule has 0 aliphatic heterocycles. The highest BCUT2D eigenvalue weighted by atomic mass is 32.2. The van der Waals surface area contributed by atoms with Gasteiger partial charge >= 0.3 is 0 Å². The van der Waals surface area contributed by atoms with Gasteiger partial charge in [0.1, 0.15) is 5.01 Å². The Morgan fingerprint density at radius 1 is 1.21 bits per heavy atom. The number of Topliss-reactive ketones (excluding diaryl/α,β-unsaturated/α-hetero) is 1. The third-order valence-corrected chi connectivity index (χ3v) is 5.17. The summed E-state index contributed by atoms with van der Waals surface area (Å²) < 4.78 is 0. The van der Waals surface area contributed by atoms with E-state index in [1.54, 1.807) is 6.20 Å². The molecule has 118 valence electrons. The topological polar surface area (TPSA) is 66.6 Å². The summed E-state index contributed by atoms with van der Waals surface area (Å²) in [7, 11) is 0. The number of aromatic nitrogens is 2. The molecule has 1 aromatic carbocycles. The standard InChI is InChI=1S/C18H13N3OS2/c19-10-14(16(22)12-23-17-8-4-5-9-20-17)18-21-15(11-24-18)13-6-2-1-3-7-13/h1-9,11,14H,12H2. The predicted octanol–water partition coefficient (Wildman–Crippen LogP) is 4.17. The van der Waals surface area contributed by atoms with Crippen molar-refractivity contribution in [3.8, 4) is 17.3 Å². The molecule has 0 aliphatic rings. The van der Waals surface area contributed by atoms with Crippen LogP contribution in [0.25, 0.3) is 11.3 Å². The van der Waals surface area contributed by atoms with E-state index in [-0.39, 0.29) is 11.5 Å². The zero-order valence-electron chi connectivity index (χ0n) is 12.6. The van der Waals surface area contributed by atoms with E-state index >= 15 is 0 Å². The van der Waals surface area contributed by atoms with Gasteiger partial charge in [0.25, 0.3) is 0 Å². The molecule has 6 heteroatoms. The number of nitrogens with zero attached hydrogens (tertiary/aromatic N) is 3. The molecular formula is C18H13N3OS2. The van der Waals surface area contributed by atoms with Crippen molar-refractivity contribution in [2.45, 2.75) is 10.9 Å². The van der Waals surface area contributed by atoms with Gasteiger partial charge in [-0.25, -0.2) is 9.97 Å². The molecule has 24 heavy (non-hydrogen) atoms.